The molecule has 8 nitrogen and oxygen atoms in total. The summed E-state index contributed by atoms with van der Waals surface area (Å²) in [7, 11) is 0. The molecule has 0 aromatic heterocycles. The highest BCUT2D eigenvalue weighted by molar-refractivity contribution is 5.85. The lowest BCUT2D eigenvalue weighted by molar-refractivity contribution is -0.156. The van der Waals surface area contributed by atoms with Crippen LogP contribution in [-0.4, -0.2) is 66.6 Å². The highest BCUT2D eigenvalue weighted by Crippen LogP contribution is 2.40. The molecule has 9 heteroatoms. The normalized spacial score (nSPS) is 19.6. The minimum absolute atomic E-state index is 0.113. The summed E-state index contributed by atoms with van der Waals surface area (Å²) in [5, 5.41) is 14.3. The summed E-state index contributed by atoms with van der Waals surface area (Å²) in [4.78, 5) is 22.8. The number of nitriles is 1. The van der Waals surface area contributed by atoms with Gasteiger partial charge in [-0.15, -0.1) is 0 Å². The Morgan fingerprint density at radius 2 is 1.87 bits per heavy atom. The number of esters is 1. The fourth-order valence-corrected chi connectivity index (χ4v) is 5.78. The number of piperidine rings is 1. The summed E-state index contributed by atoms with van der Waals surface area (Å²) < 4.78 is 24.7. The van der Waals surface area contributed by atoms with Gasteiger partial charge in [-0.3, -0.25) is 9.69 Å². The van der Waals surface area contributed by atoms with Crippen molar-refractivity contribution in [2.45, 2.75) is 52.2 Å². The van der Waals surface area contributed by atoms with E-state index >= 15 is 0 Å². The zero-order valence-electron chi connectivity index (χ0n) is 22.8. The van der Waals surface area contributed by atoms with E-state index in [2.05, 4.69) is 21.0 Å². The first-order valence-electron chi connectivity index (χ1n) is 13.6. The Bertz CT molecular complexity index is 1290. The Balaban J connectivity index is 1.20. The molecule has 3 aliphatic rings. The van der Waals surface area contributed by atoms with E-state index in [0.29, 0.717) is 36.6 Å². The number of rotatable bonds is 7. The Morgan fingerprint density at radius 3 is 2.51 bits per heavy atom. The van der Waals surface area contributed by atoms with Crippen LogP contribution >= 0.6 is 0 Å². The molecule has 0 bridgehead atoms. The monoisotopic (exact) mass is 534 g/mol. The fourth-order valence-electron chi connectivity index (χ4n) is 5.78. The smallest absolute Gasteiger partial charge is 0.311 e. The van der Waals surface area contributed by atoms with Crippen LogP contribution in [0.2, 0.25) is 0 Å². The molecule has 2 aromatic rings. The molecule has 3 heterocycles. The van der Waals surface area contributed by atoms with Gasteiger partial charge in [0.05, 0.1) is 36.7 Å². The number of hydrogen-bond acceptors (Lipinski definition) is 8. The van der Waals surface area contributed by atoms with Crippen molar-refractivity contribution < 1.29 is 23.5 Å². The molecule has 1 spiro atoms. The number of benzene rings is 2. The van der Waals surface area contributed by atoms with Gasteiger partial charge in [-0.1, -0.05) is 17.3 Å². The van der Waals surface area contributed by atoms with E-state index in [9.17, 15) is 14.4 Å². The highest BCUT2D eigenvalue weighted by atomic mass is 19.1. The number of nitrogens with zero attached hydrogens (tertiary/aromatic N) is 4. The molecule has 3 aliphatic heterocycles. The highest BCUT2D eigenvalue weighted by Gasteiger charge is 2.51. The Labute approximate surface area is 228 Å². The van der Waals surface area contributed by atoms with Gasteiger partial charge in [0.15, 0.2) is 5.60 Å². The van der Waals surface area contributed by atoms with Crippen LogP contribution in [0.3, 0.4) is 0 Å². The number of oxime groups is 1. The first-order chi connectivity index (χ1) is 18.8. The van der Waals surface area contributed by atoms with Gasteiger partial charge in [-0.05, 0) is 69.0 Å². The Kier molecular flexibility index (Phi) is 7.50. The lowest BCUT2D eigenvalue weighted by Crippen LogP contribution is -2.61. The van der Waals surface area contributed by atoms with E-state index < -0.39 is 5.41 Å². The van der Waals surface area contributed by atoms with Crippen molar-refractivity contribution >= 4 is 11.8 Å². The molecule has 0 amide bonds. The van der Waals surface area contributed by atoms with Gasteiger partial charge in [0.1, 0.15) is 17.4 Å². The van der Waals surface area contributed by atoms with Crippen molar-refractivity contribution in [1.29, 1.82) is 5.26 Å². The predicted octanol–water partition coefficient (Wildman–Crippen LogP) is 4.72. The van der Waals surface area contributed by atoms with E-state index in [1.54, 1.807) is 12.1 Å². The molecule has 0 aliphatic carbocycles. The first-order valence-corrected chi connectivity index (χ1v) is 13.6. The number of hydrogen-bond donors (Lipinski definition) is 0. The van der Waals surface area contributed by atoms with Gasteiger partial charge >= 0.3 is 5.97 Å². The second-order valence-corrected chi connectivity index (χ2v) is 10.9. The van der Waals surface area contributed by atoms with Crippen LogP contribution in [0, 0.1) is 22.6 Å². The van der Waals surface area contributed by atoms with E-state index in [1.807, 2.05) is 32.9 Å². The van der Waals surface area contributed by atoms with Gasteiger partial charge in [-0.25, -0.2) is 4.39 Å². The van der Waals surface area contributed by atoms with Crippen molar-refractivity contribution in [1.82, 2.24) is 9.80 Å². The van der Waals surface area contributed by atoms with E-state index in [0.717, 1.165) is 62.4 Å². The Morgan fingerprint density at radius 1 is 1.15 bits per heavy atom. The largest absolute Gasteiger partial charge is 0.493 e. The minimum Gasteiger partial charge on any atom is -0.493 e. The van der Waals surface area contributed by atoms with Gasteiger partial charge in [0, 0.05) is 38.3 Å². The summed E-state index contributed by atoms with van der Waals surface area (Å²) >= 11 is 0. The summed E-state index contributed by atoms with van der Waals surface area (Å²) in [6.45, 7) is 10.2. The summed E-state index contributed by atoms with van der Waals surface area (Å²) in [6, 6.07) is 12.3. The van der Waals surface area contributed by atoms with E-state index in [1.165, 1.54) is 12.1 Å². The molecule has 0 N–H and O–H groups in total. The van der Waals surface area contributed by atoms with Gasteiger partial charge in [-0.2, -0.15) is 5.26 Å². The number of amidine groups is 1. The predicted molar refractivity (Wildman–Crippen MR) is 144 cm³/mol. The van der Waals surface area contributed by atoms with Crippen LogP contribution < -0.4 is 4.74 Å². The van der Waals surface area contributed by atoms with Crippen molar-refractivity contribution in [2.75, 3.05) is 39.4 Å². The van der Waals surface area contributed by atoms with Crippen LogP contribution in [0.4, 0.5) is 4.39 Å². The van der Waals surface area contributed by atoms with Crippen molar-refractivity contribution in [3.05, 3.63) is 53.3 Å². The number of carbonyl (C=O) groups is 1. The average molecular weight is 535 g/mol. The molecule has 39 heavy (non-hydrogen) atoms. The van der Waals surface area contributed by atoms with Crippen LogP contribution in [0.5, 0.6) is 5.75 Å². The summed E-state index contributed by atoms with van der Waals surface area (Å²) in [6.07, 6.45) is 2.22. The van der Waals surface area contributed by atoms with Crippen molar-refractivity contribution in [3.8, 4) is 22.9 Å². The van der Waals surface area contributed by atoms with Crippen LogP contribution in [0.1, 0.15) is 51.2 Å². The lowest BCUT2D eigenvalue weighted by atomic mass is 9.80. The molecule has 0 saturated carbocycles. The number of halogens is 1. The summed E-state index contributed by atoms with van der Waals surface area (Å²) in [5.41, 5.74) is 2.14. The van der Waals surface area contributed by atoms with E-state index in [4.69, 9.17) is 14.3 Å². The molecule has 2 fully saturated rings. The SMILES string of the molecule is CCOC(=O)C1(C)CCN(C2=NOC3(C2)CN(Cc2cc(C#N)c(-c4ccc(F)cc4)c(OCC)c2)C3)CC1. The number of carbonyl (C=O) groups excluding carboxylic acids is 1. The van der Waals surface area contributed by atoms with Crippen LogP contribution in [0.25, 0.3) is 11.1 Å². The minimum atomic E-state index is -0.438. The second-order valence-electron chi connectivity index (χ2n) is 10.9. The molecule has 0 unspecified atom stereocenters. The van der Waals surface area contributed by atoms with Crippen LogP contribution in [0.15, 0.2) is 41.6 Å². The molecular formula is C30H35FN4O4. The van der Waals surface area contributed by atoms with Gasteiger partial charge in [0.25, 0.3) is 0 Å². The van der Waals surface area contributed by atoms with Crippen LogP contribution in [-0.2, 0) is 20.9 Å². The maximum absolute atomic E-state index is 13.5. The third-order valence-corrected chi connectivity index (χ3v) is 7.97. The van der Waals surface area contributed by atoms with Crippen molar-refractivity contribution in [2.24, 2.45) is 10.6 Å². The van der Waals surface area contributed by atoms with Crippen molar-refractivity contribution in [3.63, 3.8) is 0 Å². The molecule has 206 valence electrons. The van der Waals surface area contributed by atoms with Gasteiger partial charge < -0.3 is 19.2 Å². The molecule has 2 aromatic carbocycles. The van der Waals surface area contributed by atoms with E-state index in [-0.39, 0.29) is 17.4 Å². The summed E-state index contributed by atoms with van der Waals surface area (Å²) in [5.74, 6) is 1.14. The third-order valence-electron chi connectivity index (χ3n) is 7.97. The molecule has 5 rings (SSSR count). The third kappa shape index (κ3) is 5.44. The second kappa shape index (κ2) is 10.9. The Hall–Kier alpha value is -3.64. The first kappa shape index (κ1) is 26.9. The fraction of sp³-hybridized carbons (Fsp3) is 0.500. The molecular weight excluding hydrogens is 499 g/mol. The van der Waals surface area contributed by atoms with Gasteiger partial charge in [0.2, 0.25) is 0 Å². The number of likely N-dealkylation sites (tertiary alicyclic amines) is 2. The zero-order chi connectivity index (χ0) is 27.6. The quantitative estimate of drug-likeness (QED) is 0.475. The number of ether oxygens (including phenoxy) is 2. The zero-order valence-corrected chi connectivity index (χ0v) is 22.8. The molecule has 0 atom stereocenters. The molecule has 2 saturated heterocycles. The maximum Gasteiger partial charge on any atom is 0.311 e. The maximum atomic E-state index is 13.5. The standard InChI is InChI=1S/C30H35FN4O4/c1-4-37-25-15-21(14-23(17-32)27(25)22-6-8-24(31)9-7-22)18-34-19-30(20-34)16-26(33-39-30)35-12-10-29(3,11-13-35)28(36)38-5-2/h6-9,14-15H,4-5,10-13,16,18-20H2,1-3H3. The molecule has 0 radical (unpaired) electrons. The lowest BCUT2D eigenvalue weighted by Gasteiger charge is -2.45. The topological polar surface area (TPSA) is 87.4 Å². The average Bonchev–Trinajstić information content (AvgIpc) is 3.35.